The van der Waals surface area contributed by atoms with Crippen LogP contribution in [0.2, 0.25) is 5.02 Å². The number of nitrogens with one attached hydrogen (secondary N) is 1. The molecule has 5 nitrogen and oxygen atoms in total. The van der Waals surface area contributed by atoms with Crippen molar-refractivity contribution in [3.05, 3.63) is 29.3 Å². The number of hydrogen-bond donors (Lipinski definition) is 1. The summed E-state index contributed by atoms with van der Waals surface area (Å²) < 4.78 is 0. The number of carbonyl (C=O) groups is 2. The molecule has 0 saturated carbocycles. The first kappa shape index (κ1) is 17.8. The number of rotatable bonds is 4. The summed E-state index contributed by atoms with van der Waals surface area (Å²) in [5, 5.41) is 3.49. The molecule has 1 atom stereocenters. The number of anilines is 1. The molecular formula is C17H24ClN3O2. The zero-order valence-electron chi connectivity index (χ0n) is 13.9. The third kappa shape index (κ3) is 4.69. The molecule has 1 N–H and O–H groups in total. The molecular weight excluding hydrogens is 314 g/mol. The normalized spacial score (nSPS) is 17.6. The maximum Gasteiger partial charge on any atom is 0.241 e. The highest BCUT2D eigenvalue weighted by Gasteiger charge is 2.30. The first-order valence-corrected chi connectivity index (χ1v) is 8.28. The number of carbonyl (C=O) groups excluding carboxylic acids is 2. The Kier molecular flexibility index (Phi) is 6.02. The van der Waals surface area contributed by atoms with E-state index in [0.717, 1.165) is 25.9 Å². The van der Waals surface area contributed by atoms with Crippen LogP contribution in [0.1, 0.15) is 19.8 Å². The maximum atomic E-state index is 12.4. The number of hydrogen-bond acceptors (Lipinski definition) is 3. The van der Waals surface area contributed by atoms with Crippen LogP contribution in [0.25, 0.3) is 0 Å². The standard InChI is InChI=1S/C17H24ClN3O2/c1-12(16(22)19-15-6-4-5-14(18)11-15)21-9-7-13(8-10-21)17(23)20(2)3/h4-6,11-13H,7-10H2,1-3H3,(H,19,22). The highest BCUT2D eigenvalue weighted by atomic mass is 35.5. The van der Waals surface area contributed by atoms with E-state index in [2.05, 4.69) is 10.2 Å². The molecule has 1 aromatic rings. The van der Waals surface area contributed by atoms with Gasteiger partial charge in [-0.3, -0.25) is 14.5 Å². The van der Waals surface area contributed by atoms with Gasteiger partial charge in [0.1, 0.15) is 0 Å². The van der Waals surface area contributed by atoms with Crippen molar-refractivity contribution in [1.29, 1.82) is 0 Å². The number of nitrogens with zero attached hydrogens (tertiary/aromatic N) is 2. The van der Waals surface area contributed by atoms with Crippen LogP contribution in [-0.4, -0.2) is 54.8 Å². The molecule has 1 fully saturated rings. The summed E-state index contributed by atoms with van der Waals surface area (Å²) in [6.07, 6.45) is 1.59. The van der Waals surface area contributed by atoms with Crippen LogP contribution in [-0.2, 0) is 9.59 Å². The predicted molar refractivity (Wildman–Crippen MR) is 92.5 cm³/mol. The number of likely N-dealkylation sites (tertiary alicyclic amines) is 1. The summed E-state index contributed by atoms with van der Waals surface area (Å²) in [5.74, 6) is 0.203. The summed E-state index contributed by atoms with van der Waals surface area (Å²) in [6.45, 7) is 3.41. The fourth-order valence-corrected chi connectivity index (χ4v) is 3.07. The molecule has 0 spiro atoms. The Labute approximate surface area is 142 Å². The van der Waals surface area contributed by atoms with Gasteiger partial charge < -0.3 is 10.2 Å². The fraction of sp³-hybridized carbons (Fsp3) is 0.529. The van der Waals surface area contributed by atoms with Crippen LogP contribution < -0.4 is 5.32 Å². The first-order valence-electron chi connectivity index (χ1n) is 7.90. The number of piperidine rings is 1. The lowest BCUT2D eigenvalue weighted by Crippen LogP contribution is -2.48. The lowest BCUT2D eigenvalue weighted by molar-refractivity contribution is -0.134. The van der Waals surface area contributed by atoms with Gasteiger partial charge in [0.05, 0.1) is 6.04 Å². The van der Waals surface area contributed by atoms with E-state index in [4.69, 9.17) is 11.6 Å². The summed E-state index contributed by atoms with van der Waals surface area (Å²) in [4.78, 5) is 28.1. The molecule has 0 radical (unpaired) electrons. The van der Waals surface area contributed by atoms with Crippen LogP contribution in [0.4, 0.5) is 5.69 Å². The molecule has 0 bridgehead atoms. The Morgan fingerprint density at radius 1 is 1.30 bits per heavy atom. The van der Waals surface area contributed by atoms with E-state index < -0.39 is 0 Å². The van der Waals surface area contributed by atoms with Crippen molar-refractivity contribution < 1.29 is 9.59 Å². The smallest absolute Gasteiger partial charge is 0.241 e. The molecule has 1 aliphatic heterocycles. The third-order valence-electron chi connectivity index (χ3n) is 4.34. The van der Waals surface area contributed by atoms with E-state index in [1.807, 2.05) is 13.0 Å². The SMILES string of the molecule is CC(C(=O)Nc1cccc(Cl)c1)N1CCC(C(=O)N(C)C)CC1. The van der Waals surface area contributed by atoms with Gasteiger partial charge in [0, 0.05) is 30.7 Å². The number of amides is 2. The average molecular weight is 338 g/mol. The molecule has 126 valence electrons. The summed E-state index contributed by atoms with van der Waals surface area (Å²) in [7, 11) is 3.57. The van der Waals surface area contributed by atoms with Crippen molar-refractivity contribution in [2.75, 3.05) is 32.5 Å². The molecule has 1 unspecified atom stereocenters. The quantitative estimate of drug-likeness (QED) is 0.918. The Morgan fingerprint density at radius 2 is 1.96 bits per heavy atom. The van der Waals surface area contributed by atoms with Crippen LogP contribution in [0.15, 0.2) is 24.3 Å². The molecule has 0 aliphatic carbocycles. The molecule has 1 heterocycles. The van der Waals surface area contributed by atoms with E-state index in [9.17, 15) is 9.59 Å². The van der Waals surface area contributed by atoms with Gasteiger partial charge in [0.25, 0.3) is 0 Å². The van der Waals surface area contributed by atoms with Gasteiger partial charge in [0.2, 0.25) is 11.8 Å². The molecule has 23 heavy (non-hydrogen) atoms. The van der Waals surface area contributed by atoms with Crippen molar-refractivity contribution in [2.24, 2.45) is 5.92 Å². The Hall–Kier alpha value is -1.59. The Morgan fingerprint density at radius 3 is 2.52 bits per heavy atom. The van der Waals surface area contributed by atoms with E-state index in [1.165, 1.54) is 0 Å². The molecule has 2 amide bonds. The van der Waals surface area contributed by atoms with Crippen LogP contribution >= 0.6 is 11.6 Å². The monoisotopic (exact) mass is 337 g/mol. The number of halogens is 1. The molecule has 1 aromatic carbocycles. The van der Waals surface area contributed by atoms with E-state index in [-0.39, 0.29) is 23.8 Å². The van der Waals surface area contributed by atoms with Crippen molar-refractivity contribution in [3.63, 3.8) is 0 Å². The minimum absolute atomic E-state index is 0.0512. The van der Waals surface area contributed by atoms with Crippen molar-refractivity contribution in [2.45, 2.75) is 25.8 Å². The van der Waals surface area contributed by atoms with E-state index in [1.54, 1.807) is 37.2 Å². The fourth-order valence-electron chi connectivity index (χ4n) is 2.88. The van der Waals surface area contributed by atoms with E-state index in [0.29, 0.717) is 10.7 Å². The predicted octanol–water partition coefficient (Wildman–Crippen LogP) is 2.47. The van der Waals surface area contributed by atoms with Gasteiger partial charge in [-0.15, -0.1) is 0 Å². The second-order valence-corrected chi connectivity index (χ2v) is 6.65. The third-order valence-corrected chi connectivity index (χ3v) is 4.57. The maximum absolute atomic E-state index is 12.4. The first-order chi connectivity index (χ1) is 10.9. The average Bonchev–Trinajstić information content (AvgIpc) is 2.53. The van der Waals surface area contributed by atoms with Crippen molar-refractivity contribution in [3.8, 4) is 0 Å². The van der Waals surface area contributed by atoms with Crippen molar-refractivity contribution in [1.82, 2.24) is 9.80 Å². The lowest BCUT2D eigenvalue weighted by Gasteiger charge is -2.35. The van der Waals surface area contributed by atoms with Gasteiger partial charge in [-0.2, -0.15) is 0 Å². The second kappa shape index (κ2) is 7.79. The van der Waals surface area contributed by atoms with Gasteiger partial charge >= 0.3 is 0 Å². The lowest BCUT2D eigenvalue weighted by atomic mass is 9.94. The van der Waals surface area contributed by atoms with Crippen LogP contribution in [0.3, 0.4) is 0 Å². The van der Waals surface area contributed by atoms with E-state index >= 15 is 0 Å². The summed E-state index contributed by atoms with van der Waals surface area (Å²) in [6, 6.07) is 6.89. The zero-order chi connectivity index (χ0) is 17.0. The molecule has 2 rings (SSSR count). The van der Waals surface area contributed by atoms with Crippen molar-refractivity contribution >= 4 is 29.1 Å². The highest BCUT2D eigenvalue weighted by Crippen LogP contribution is 2.21. The van der Waals surface area contributed by atoms with Crippen LogP contribution in [0.5, 0.6) is 0 Å². The highest BCUT2D eigenvalue weighted by molar-refractivity contribution is 6.30. The second-order valence-electron chi connectivity index (χ2n) is 6.22. The summed E-state index contributed by atoms with van der Waals surface area (Å²) in [5.41, 5.74) is 0.701. The molecule has 1 aliphatic rings. The zero-order valence-corrected chi connectivity index (χ0v) is 14.6. The van der Waals surface area contributed by atoms with Gasteiger partial charge in [0.15, 0.2) is 0 Å². The van der Waals surface area contributed by atoms with Crippen LogP contribution in [0, 0.1) is 5.92 Å². The van der Waals surface area contributed by atoms with Gasteiger partial charge in [-0.05, 0) is 51.1 Å². The minimum atomic E-state index is -0.232. The largest absolute Gasteiger partial charge is 0.349 e. The molecule has 6 heteroatoms. The molecule has 0 aromatic heterocycles. The van der Waals surface area contributed by atoms with Gasteiger partial charge in [-0.1, -0.05) is 17.7 Å². The Bertz CT molecular complexity index is 569. The minimum Gasteiger partial charge on any atom is -0.349 e. The summed E-state index contributed by atoms with van der Waals surface area (Å²) >= 11 is 5.93. The Balaban J connectivity index is 1.88. The molecule has 1 saturated heterocycles. The number of benzene rings is 1. The topological polar surface area (TPSA) is 52.7 Å². The van der Waals surface area contributed by atoms with Gasteiger partial charge in [-0.25, -0.2) is 0 Å².